The third kappa shape index (κ3) is 4.02. The van der Waals surface area contributed by atoms with Crippen LogP contribution in [0.2, 0.25) is 0 Å². The number of methoxy groups -OCH3 is 1. The van der Waals surface area contributed by atoms with Crippen LogP contribution >= 0.6 is 0 Å². The first-order valence-electron chi connectivity index (χ1n) is 8.19. The van der Waals surface area contributed by atoms with Crippen molar-refractivity contribution in [3.63, 3.8) is 0 Å². The van der Waals surface area contributed by atoms with Crippen LogP contribution in [0, 0.1) is 5.82 Å². The highest BCUT2D eigenvalue weighted by Crippen LogP contribution is 2.31. The molecule has 0 radical (unpaired) electrons. The molecule has 134 valence electrons. The first kappa shape index (κ1) is 17.5. The molecule has 0 aliphatic carbocycles. The van der Waals surface area contributed by atoms with Crippen LogP contribution in [0.5, 0.6) is 0 Å². The number of carbonyl (C=O) groups excluding carboxylic acids is 1. The van der Waals surface area contributed by atoms with E-state index < -0.39 is 0 Å². The second-order valence-electron chi connectivity index (χ2n) is 6.21. The van der Waals surface area contributed by atoms with Gasteiger partial charge in [-0.15, -0.1) is 10.2 Å². The molecule has 8 heteroatoms. The normalized spacial score (nSPS) is 20.8. The minimum atomic E-state index is -0.319. The van der Waals surface area contributed by atoms with Gasteiger partial charge in [0.1, 0.15) is 18.0 Å². The number of nitrogens with one attached hydrogen (secondary N) is 1. The average molecular weight is 347 g/mol. The van der Waals surface area contributed by atoms with Crippen LogP contribution in [0.1, 0.15) is 23.9 Å². The Balaban J connectivity index is 1.62. The fourth-order valence-corrected chi connectivity index (χ4v) is 3.15. The summed E-state index contributed by atoms with van der Waals surface area (Å²) in [5, 5.41) is 10.9. The molecule has 1 aliphatic heterocycles. The summed E-state index contributed by atoms with van der Waals surface area (Å²) in [4.78, 5) is 14.3. The predicted octanol–water partition coefficient (Wildman–Crippen LogP) is 1.03. The second kappa shape index (κ2) is 7.71. The Bertz CT molecular complexity index is 735. The van der Waals surface area contributed by atoms with Gasteiger partial charge in [0.25, 0.3) is 0 Å². The lowest BCUT2D eigenvalue weighted by Crippen LogP contribution is -2.38. The molecule has 7 nitrogen and oxygen atoms in total. The third-order valence-corrected chi connectivity index (χ3v) is 4.52. The summed E-state index contributed by atoms with van der Waals surface area (Å²) in [7, 11) is 3.55. The molecule has 3 rings (SSSR count). The summed E-state index contributed by atoms with van der Waals surface area (Å²) in [6.07, 6.45) is 2.44. The molecule has 0 bridgehead atoms. The summed E-state index contributed by atoms with van der Waals surface area (Å²) in [6.45, 7) is 1.01. The molecule has 1 fully saturated rings. The lowest BCUT2D eigenvalue weighted by Gasteiger charge is -2.22. The maximum Gasteiger partial charge on any atom is 0.234 e. The molecule has 0 unspecified atom stereocenters. The van der Waals surface area contributed by atoms with Gasteiger partial charge < -0.3 is 14.6 Å². The number of aryl methyl sites for hydroxylation is 1. The Hall–Kier alpha value is -2.32. The minimum Gasteiger partial charge on any atom is -0.380 e. The van der Waals surface area contributed by atoms with E-state index in [1.54, 1.807) is 31.6 Å². The van der Waals surface area contributed by atoms with E-state index in [1.165, 1.54) is 6.07 Å². The standard InChI is InChI=1S/C17H22FN5O2/c1-22-11-20-21-17(22)15-7-13(25-2)9-23(15)10-16(24)19-8-12-5-3-4-6-14(12)18/h3-6,11,13,15H,7-10H2,1-2H3,(H,19,24)/t13-,15+/m1/s1. The summed E-state index contributed by atoms with van der Waals surface area (Å²) in [5.74, 6) is 0.328. The Morgan fingerprint density at radius 2 is 2.24 bits per heavy atom. The SMILES string of the molecule is CO[C@@H]1C[C@@H](c2nncn2C)N(CC(=O)NCc2ccccc2F)C1. The summed E-state index contributed by atoms with van der Waals surface area (Å²) in [6, 6.07) is 6.39. The van der Waals surface area contributed by atoms with Crippen molar-refractivity contribution in [2.75, 3.05) is 20.2 Å². The first-order chi connectivity index (χ1) is 12.1. The van der Waals surface area contributed by atoms with E-state index in [4.69, 9.17) is 4.74 Å². The second-order valence-corrected chi connectivity index (χ2v) is 6.21. The van der Waals surface area contributed by atoms with E-state index in [0.717, 1.165) is 12.2 Å². The van der Waals surface area contributed by atoms with Crippen molar-refractivity contribution in [2.45, 2.75) is 25.1 Å². The maximum absolute atomic E-state index is 13.6. The van der Waals surface area contributed by atoms with Crippen LogP contribution in [0.15, 0.2) is 30.6 Å². The van der Waals surface area contributed by atoms with Crippen molar-refractivity contribution >= 4 is 5.91 Å². The Morgan fingerprint density at radius 1 is 1.44 bits per heavy atom. The number of aromatic nitrogens is 3. The zero-order valence-electron chi connectivity index (χ0n) is 14.4. The lowest BCUT2D eigenvalue weighted by atomic mass is 10.2. The van der Waals surface area contributed by atoms with E-state index in [-0.39, 0.29) is 37.0 Å². The van der Waals surface area contributed by atoms with Gasteiger partial charge in [-0.2, -0.15) is 0 Å². The largest absolute Gasteiger partial charge is 0.380 e. The lowest BCUT2D eigenvalue weighted by molar-refractivity contribution is -0.122. The van der Waals surface area contributed by atoms with Crippen LogP contribution in [-0.4, -0.2) is 51.9 Å². The van der Waals surface area contributed by atoms with Gasteiger partial charge in [-0.1, -0.05) is 18.2 Å². The summed E-state index contributed by atoms with van der Waals surface area (Å²) >= 11 is 0. The number of halogens is 1. The van der Waals surface area contributed by atoms with Crippen molar-refractivity contribution in [3.8, 4) is 0 Å². The molecule has 1 amide bonds. The van der Waals surface area contributed by atoms with Gasteiger partial charge in [0.05, 0.1) is 18.7 Å². The summed E-state index contributed by atoms with van der Waals surface area (Å²) in [5.41, 5.74) is 0.469. The number of nitrogens with zero attached hydrogens (tertiary/aromatic N) is 4. The highest BCUT2D eigenvalue weighted by atomic mass is 19.1. The molecule has 0 saturated carbocycles. The van der Waals surface area contributed by atoms with E-state index in [9.17, 15) is 9.18 Å². The van der Waals surface area contributed by atoms with Crippen molar-refractivity contribution in [1.82, 2.24) is 25.0 Å². The topological polar surface area (TPSA) is 72.3 Å². The third-order valence-electron chi connectivity index (χ3n) is 4.52. The number of hydrogen-bond acceptors (Lipinski definition) is 5. The Morgan fingerprint density at radius 3 is 2.92 bits per heavy atom. The minimum absolute atomic E-state index is 0.0309. The first-order valence-corrected chi connectivity index (χ1v) is 8.19. The van der Waals surface area contributed by atoms with Crippen molar-refractivity contribution < 1.29 is 13.9 Å². The van der Waals surface area contributed by atoms with E-state index >= 15 is 0 Å². The van der Waals surface area contributed by atoms with Gasteiger partial charge in [-0.05, 0) is 12.5 Å². The molecule has 1 saturated heterocycles. The fourth-order valence-electron chi connectivity index (χ4n) is 3.15. The van der Waals surface area contributed by atoms with Crippen molar-refractivity contribution in [3.05, 3.63) is 47.8 Å². The van der Waals surface area contributed by atoms with Crippen LogP contribution < -0.4 is 5.32 Å². The highest BCUT2D eigenvalue weighted by molar-refractivity contribution is 5.78. The molecular weight excluding hydrogens is 325 g/mol. The van der Waals surface area contributed by atoms with E-state index in [1.807, 2.05) is 16.5 Å². The van der Waals surface area contributed by atoms with Gasteiger partial charge in [-0.3, -0.25) is 9.69 Å². The van der Waals surface area contributed by atoms with Gasteiger partial charge in [0.15, 0.2) is 0 Å². The molecule has 2 aromatic rings. The van der Waals surface area contributed by atoms with Crippen molar-refractivity contribution in [2.24, 2.45) is 7.05 Å². The summed E-state index contributed by atoms with van der Waals surface area (Å²) < 4.78 is 20.9. The number of amides is 1. The molecule has 2 atom stereocenters. The van der Waals surface area contributed by atoms with Crippen LogP contribution in [0.3, 0.4) is 0 Å². The van der Waals surface area contributed by atoms with E-state index in [2.05, 4.69) is 15.5 Å². The smallest absolute Gasteiger partial charge is 0.234 e. The van der Waals surface area contributed by atoms with Crippen molar-refractivity contribution in [1.29, 1.82) is 0 Å². The van der Waals surface area contributed by atoms with E-state index in [0.29, 0.717) is 12.1 Å². The molecule has 1 aliphatic rings. The predicted molar refractivity (Wildman–Crippen MR) is 89.0 cm³/mol. The molecule has 0 spiro atoms. The monoisotopic (exact) mass is 347 g/mol. The number of likely N-dealkylation sites (tertiary alicyclic amines) is 1. The quantitative estimate of drug-likeness (QED) is 0.845. The fraction of sp³-hybridized carbons (Fsp3) is 0.471. The van der Waals surface area contributed by atoms with Crippen LogP contribution in [0.4, 0.5) is 4.39 Å². The average Bonchev–Trinajstić information content (AvgIpc) is 3.19. The van der Waals surface area contributed by atoms with Crippen LogP contribution in [0.25, 0.3) is 0 Å². The van der Waals surface area contributed by atoms with Gasteiger partial charge in [0, 0.05) is 32.8 Å². The number of hydrogen-bond donors (Lipinski definition) is 1. The molecule has 2 heterocycles. The van der Waals surface area contributed by atoms with Gasteiger partial charge in [0.2, 0.25) is 5.91 Å². The zero-order valence-corrected chi connectivity index (χ0v) is 14.4. The number of benzene rings is 1. The van der Waals surface area contributed by atoms with Gasteiger partial charge in [-0.25, -0.2) is 4.39 Å². The molecule has 1 aromatic carbocycles. The highest BCUT2D eigenvalue weighted by Gasteiger charge is 2.36. The van der Waals surface area contributed by atoms with Crippen LogP contribution in [-0.2, 0) is 23.1 Å². The number of carbonyl (C=O) groups is 1. The maximum atomic E-state index is 13.6. The number of rotatable bonds is 6. The molecular formula is C17H22FN5O2. The van der Waals surface area contributed by atoms with Gasteiger partial charge >= 0.3 is 0 Å². The molecule has 1 N–H and O–H groups in total. The molecule has 1 aromatic heterocycles. The Kier molecular flexibility index (Phi) is 5.40. The zero-order chi connectivity index (χ0) is 17.8. The number of ether oxygens (including phenoxy) is 1. The molecule has 25 heavy (non-hydrogen) atoms. The Labute approximate surface area is 145 Å².